The van der Waals surface area contributed by atoms with Crippen molar-refractivity contribution in [2.24, 2.45) is 0 Å². The summed E-state index contributed by atoms with van der Waals surface area (Å²) in [4.78, 5) is 43.2. The number of hydrogen-bond acceptors (Lipinski definition) is 6. The van der Waals surface area contributed by atoms with Crippen LogP contribution in [0.5, 0.6) is 0 Å². The molecule has 0 unspecified atom stereocenters. The van der Waals surface area contributed by atoms with E-state index in [1.807, 2.05) is 6.92 Å². The van der Waals surface area contributed by atoms with Crippen LogP contribution in [-0.4, -0.2) is 42.0 Å². The summed E-state index contributed by atoms with van der Waals surface area (Å²) >= 11 is 0. The number of ether oxygens (including phenoxy) is 2. The number of carboxylic acid groups (broad SMARTS) is 1. The molecule has 0 aliphatic heterocycles. The van der Waals surface area contributed by atoms with E-state index < -0.39 is 24.1 Å². The number of carbonyl (C=O) groups is 4. The van der Waals surface area contributed by atoms with E-state index in [-0.39, 0.29) is 25.6 Å². The molecule has 0 bridgehead atoms. The summed E-state index contributed by atoms with van der Waals surface area (Å²) in [5, 5.41) is 8.30. The predicted molar refractivity (Wildman–Crippen MR) is 67.9 cm³/mol. The van der Waals surface area contributed by atoms with E-state index in [1.54, 1.807) is 0 Å². The lowest BCUT2D eigenvalue weighted by atomic mass is 10.2. The van der Waals surface area contributed by atoms with Gasteiger partial charge < -0.3 is 14.6 Å². The summed E-state index contributed by atoms with van der Waals surface area (Å²) in [6, 6.07) is 0. The number of hydrogen-bond donors (Lipinski definition) is 1. The zero-order valence-corrected chi connectivity index (χ0v) is 11.6. The Morgan fingerprint density at radius 3 is 1.90 bits per heavy atom. The summed E-state index contributed by atoms with van der Waals surface area (Å²) in [5.41, 5.74) is 0. The largest absolute Gasteiger partial charge is 0.476 e. The van der Waals surface area contributed by atoms with E-state index in [4.69, 9.17) is 9.84 Å². The maximum absolute atomic E-state index is 11.2. The Morgan fingerprint density at radius 2 is 1.40 bits per heavy atom. The van der Waals surface area contributed by atoms with Crippen LogP contribution in [-0.2, 0) is 28.7 Å². The molecule has 0 aliphatic carbocycles. The van der Waals surface area contributed by atoms with Gasteiger partial charge in [-0.2, -0.15) is 0 Å². The van der Waals surface area contributed by atoms with Crippen LogP contribution < -0.4 is 0 Å². The Morgan fingerprint density at radius 1 is 0.850 bits per heavy atom. The number of esters is 2. The first-order valence-corrected chi connectivity index (χ1v) is 6.54. The van der Waals surface area contributed by atoms with Crippen molar-refractivity contribution >= 4 is 23.7 Å². The normalized spacial score (nSPS) is 9.85. The van der Waals surface area contributed by atoms with Crippen LogP contribution in [0.15, 0.2) is 0 Å². The number of rotatable bonds is 11. The average molecular weight is 288 g/mol. The summed E-state index contributed by atoms with van der Waals surface area (Å²) in [5.74, 6) is -3.64. The lowest BCUT2D eigenvalue weighted by Crippen LogP contribution is -2.17. The van der Waals surface area contributed by atoms with Gasteiger partial charge in [-0.25, -0.2) is 4.79 Å². The van der Waals surface area contributed by atoms with Crippen LogP contribution in [0, 0.1) is 0 Å². The van der Waals surface area contributed by atoms with Crippen molar-refractivity contribution in [2.75, 3.05) is 13.2 Å². The summed E-state index contributed by atoms with van der Waals surface area (Å²) in [6.07, 6.45) is 2.39. The van der Waals surface area contributed by atoms with Crippen molar-refractivity contribution in [1.29, 1.82) is 0 Å². The number of Topliss-reactive ketones (excluding diaryl/α,β-unsaturated/α-hetero) is 1. The quantitative estimate of drug-likeness (QED) is 0.344. The van der Waals surface area contributed by atoms with Gasteiger partial charge >= 0.3 is 17.9 Å². The molecule has 1 N–H and O–H groups in total. The molecule has 0 aromatic rings. The molecule has 0 fully saturated rings. The molecule has 0 aliphatic rings. The number of carbonyl (C=O) groups excluding carboxylic acids is 3. The van der Waals surface area contributed by atoms with Gasteiger partial charge in [-0.3, -0.25) is 14.4 Å². The molecular weight excluding hydrogens is 268 g/mol. The van der Waals surface area contributed by atoms with Gasteiger partial charge in [-0.1, -0.05) is 19.8 Å². The smallest absolute Gasteiger partial charge is 0.372 e. The van der Waals surface area contributed by atoms with E-state index in [9.17, 15) is 19.2 Å². The highest BCUT2D eigenvalue weighted by molar-refractivity contribution is 6.32. The summed E-state index contributed by atoms with van der Waals surface area (Å²) in [7, 11) is 0. The molecule has 0 aromatic carbocycles. The van der Waals surface area contributed by atoms with Crippen LogP contribution in [0.4, 0.5) is 0 Å². The topological polar surface area (TPSA) is 107 Å². The second kappa shape index (κ2) is 11.0. The highest BCUT2D eigenvalue weighted by Gasteiger charge is 2.14. The fraction of sp³-hybridized carbons (Fsp3) is 0.692. The molecule has 7 heteroatoms. The molecule has 114 valence electrons. The molecule has 0 radical (unpaired) electrons. The fourth-order valence-electron chi connectivity index (χ4n) is 1.30. The highest BCUT2D eigenvalue weighted by Crippen LogP contribution is 2.00. The second-order valence-corrected chi connectivity index (χ2v) is 4.13. The molecule has 0 rings (SSSR count). The average Bonchev–Trinajstić information content (AvgIpc) is 2.41. The van der Waals surface area contributed by atoms with E-state index in [1.165, 1.54) is 0 Å². The van der Waals surface area contributed by atoms with Crippen molar-refractivity contribution in [2.45, 2.75) is 45.4 Å². The zero-order valence-electron chi connectivity index (χ0n) is 11.6. The minimum absolute atomic E-state index is 0.0381. The zero-order chi connectivity index (χ0) is 15.4. The van der Waals surface area contributed by atoms with Crippen LogP contribution in [0.3, 0.4) is 0 Å². The SMILES string of the molecule is CCCCCC(=O)OCCOC(=O)CCC(=O)C(=O)O. The molecule has 0 saturated carbocycles. The monoisotopic (exact) mass is 288 g/mol. The highest BCUT2D eigenvalue weighted by atomic mass is 16.6. The summed E-state index contributed by atoms with van der Waals surface area (Å²) in [6.45, 7) is 1.89. The second-order valence-electron chi connectivity index (χ2n) is 4.13. The van der Waals surface area contributed by atoms with E-state index in [2.05, 4.69) is 4.74 Å². The number of ketones is 1. The van der Waals surface area contributed by atoms with Gasteiger partial charge in [-0.05, 0) is 6.42 Å². The van der Waals surface area contributed by atoms with Gasteiger partial charge in [0.15, 0.2) is 0 Å². The molecule has 0 aromatic heterocycles. The van der Waals surface area contributed by atoms with E-state index in [0.717, 1.165) is 19.3 Å². The standard InChI is InChI=1S/C13H20O7/c1-2-3-4-5-11(15)19-8-9-20-12(16)7-6-10(14)13(17)18/h2-9H2,1H3,(H,17,18). The lowest BCUT2D eigenvalue weighted by Gasteiger charge is -2.06. The maximum Gasteiger partial charge on any atom is 0.372 e. The predicted octanol–water partition coefficient (Wildman–Crippen LogP) is 1.09. The molecule has 0 heterocycles. The van der Waals surface area contributed by atoms with Gasteiger partial charge in [0.2, 0.25) is 5.78 Å². The van der Waals surface area contributed by atoms with Crippen molar-refractivity contribution < 1.29 is 33.8 Å². The Balaban J connectivity index is 3.54. The third-order valence-corrected chi connectivity index (χ3v) is 2.39. The van der Waals surface area contributed by atoms with Crippen LogP contribution in [0.2, 0.25) is 0 Å². The van der Waals surface area contributed by atoms with Gasteiger partial charge in [-0.15, -0.1) is 0 Å². The van der Waals surface area contributed by atoms with Crippen LogP contribution >= 0.6 is 0 Å². The molecule has 0 spiro atoms. The number of unbranched alkanes of at least 4 members (excludes halogenated alkanes) is 2. The third kappa shape index (κ3) is 10.0. The van der Waals surface area contributed by atoms with Gasteiger partial charge in [0.1, 0.15) is 13.2 Å². The first kappa shape index (κ1) is 18.1. The molecule has 0 amide bonds. The van der Waals surface area contributed by atoms with Gasteiger partial charge in [0, 0.05) is 12.8 Å². The Hall–Kier alpha value is -1.92. The van der Waals surface area contributed by atoms with E-state index in [0.29, 0.717) is 6.42 Å². The van der Waals surface area contributed by atoms with Gasteiger partial charge in [0.05, 0.1) is 6.42 Å². The van der Waals surface area contributed by atoms with Crippen molar-refractivity contribution in [3.05, 3.63) is 0 Å². The minimum atomic E-state index is -1.57. The van der Waals surface area contributed by atoms with Crippen LogP contribution in [0.25, 0.3) is 0 Å². The Kier molecular flexibility index (Phi) is 9.90. The molecule has 20 heavy (non-hydrogen) atoms. The molecule has 7 nitrogen and oxygen atoms in total. The number of carboxylic acids is 1. The van der Waals surface area contributed by atoms with E-state index >= 15 is 0 Å². The molecule has 0 saturated heterocycles. The maximum atomic E-state index is 11.2. The minimum Gasteiger partial charge on any atom is -0.476 e. The Bertz CT molecular complexity index is 349. The third-order valence-electron chi connectivity index (χ3n) is 2.39. The van der Waals surface area contributed by atoms with Crippen molar-refractivity contribution in [1.82, 2.24) is 0 Å². The van der Waals surface area contributed by atoms with Crippen molar-refractivity contribution in [3.63, 3.8) is 0 Å². The summed E-state index contributed by atoms with van der Waals surface area (Å²) < 4.78 is 9.51. The first-order chi connectivity index (χ1) is 9.47. The van der Waals surface area contributed by atoms with Crippen molar-refractivity contribution in [3.8, 4) is 0 Å². The Labute approximate surface area is 117 Å². The first-order valence-electron chi connectivity index (χ1n) is 6.54. The van der Waals surface area contributed by atoms with Crippen LogP contribution in [0.1, 0.15) is 45.4 Å². The van der Waals surface area contributed by atoms with Gasteiger partial charge in [0.25, 0.3) is 0 Å². The molecule has 0 atom stereocenters. The fourth-order valence-corrected chi connectivity index (χ4v) is 1.30. The lowest BCUT2D eigenvalue weighted by molar-refractivity contribution is -0.154. The molecular formula is C13H20O7. The number of aliphatic carboxylic acids is 1.